The van der Waals surface area contributed by atoms with Gasteiger partial charge in [-0.2, -0.15) is 0 Å². The van der Waals surface area contributed by atoms with Crippen molar-refractivity contribution in [3.05, 3.63) is 84.2 Å². The molecular formula is C22H21N3O3. The molecule has 28 heavy (non-hydrogen) atoms. The van der Waals surface area contributed by atoms with E-state index in [-0.39, 0.29) is 11.8 Å². The fraction of sp³-hybridized carbons (Fsp3) is 0.136. The Bertz CT molecular complexity index is 958. The molecule has 1 aromatic heterocycles. The molecule has 0 radical (unpaired) electrons. The molecule has 3 rings (SSSR count). The van der Waals surface area contributed by atoms with Crippen LogP contribution in [0.15, 0.2) is 73.1 Å². The second kappa shape index (κ2) is 9.32. The van der Waals surface area contributed by atoms with Crippen molar-refractivity contribution in [2.75, 3.05) is 17.2 Å². The zero-order chi connectivity index (χ0) is 19.8. The van der Waals surface area contributed by atoms with Crippen molar-refractivity contribution in [1.82, 2.24) is 4.98 Å². The largest absolute Gasteiger partial charge is 0.494 e. The van der Waals surface area contributed by atoms with Crippen molar-refractivity contribution in [2.45, 2.75) is 13.3 Å². The predicted molar refractivity (Wildman–Crippen MR) is 109 cm³/mol. The number of rotatable bonds is 7. The van der Waals surface area contributed by atoms with E-state index in [1.165, 1.54) is 0 Å². The van der Waals surface area contributed by atoms with Crippen molar-refractivity contribution >= 4 is 23.2 Å². The lowest BCUT2D eigenvalue weighted by atomic mass is 10.1. The van der Waals surface area contributed by atoms with Crippen LogP contribution in [0.5, 0.6) is 5.75 Å². The van der Waals surface area contributed by atoms with E-state index in [0.29, 0.717) is 34.9 Å². The standard InChI is InChI=1S/C22H21N3O3/c1-2-13-28-18-9-5-7-16(14-18)21(26)25-20-11-4-3-10-19(20)22(27)24-17-8-6-12-23-15-17/h3-12,14-15H,2,13H2,1H3,(H,24,27)(H,25,26). The highest BCUT2D eigenvalue weighted by Gasteiger charge is 2.15. The van der Waals surface area contributed by atoms with Crippen LogP contribution in [0.4, 0.5) is 11.4 Å². The second-order valence-electron chi connectivity index (χ2n) is 6.07. The zero-order valence-corrected chi connectivity index (χ0v) is 15.5. The number of aromatic nitrogens is 1. The van der Waals surface area contributed by atoms with Crippen LogP contribution in [0.3, 0.4) is 0 Å². The monoisotopic (exact) mass is 375 g/mol. The Kier molecular flexibility index (Phi) is 6.36. The van der Waals surface area contributed by atoms with Gasteiger partial charge in [-0.3, -0.25) is 14.6 Å². The van der Waals surface area contributed by atoms with Crippen molar-refractivity contribution < 1.29 is 14.3 Å². The molecule has 0 bridgehead atoms. The molecule has 142 valence electrons. The molecule has 6 nitrogen and oxygen atoms in total. The van der Waals surface area contributed by atoms with Crippen LogP contribution in [0.2, 0.25) is 0 Å². The lowest BCUT2D eigenvalue weighted by Gasteiger charge is -2.12. The first-order valence-corrected chi connectivity index (χ1v) is 9.02. The van der Waals surface area contributed by atoms with E-state index in [0.717, 1.165) is 6.42 Å². The lowest BCUT2D eigenvalue weighted by molar-refractivity contribution is 0.102. The number of amides is 2. The molecule has 0 atom stereocenters. The number of ether oxygens (including phenoxy) is 1. The van der Waals surface area contributed by atoms with E-state index in [9.17, 15) is 9.59 Å². The Morgan fingerprint density at radius 2 is 1.82 bits per heavy atom. The van der Waals surface area contributed by atoms with E-state index in [1.807, 2.05) is 13.0 Å². The summed E-state index contributed by atoms with van der Waals surface area (Å²) in [6.07, 6.45) is 4.07. The molecule has 0 aliphatic carbocycles. The van der Waals surface area contributed by atoms with Crippen molar-refractivity contribution in [3.63, 3.8) is 0 Å². The molecule has 2 amide bonds. The SMILES string of the molecule is CCCOc1cccc(C(=O)Nc2ccccc2C(=O)Nc2cccnc2)c1. The fourth-order valence-corrected chi connectivity index (χ4v) is 2.57. The molecule has 0 saturated heterocycles. The van der Waals surface area contributed by atoms with Gasteiger partial charge in [-0.05, 0) is 48.9 Å². The summed E-state index contributed by atoms with van der Waals surface area (Å²) >= 11 is 0. The topological polar surface area (TPSA) is 80.3 Å². The van der Waals surface area contributed by atoms with Gasteiger partial charge in [0, 0.05) is 11.8 Å². The highest BCUT2D eigenvalue weighted by molar-refractivity contribution is 6.12. The van der Waals surface area contributed by atoms with Crippen LogP contribution in [-0.4, -0.2) is 23.4 Å². The molecule has 3 aromatic rings. The first-order chi connectivity index (χ1) is 13.7. The molecule has 0 fully saturated rings. The maximum absolute atomic E-state index is 12.7. The molecule has 2 aromatic carbocycles. The van der Waals surface area contributed by atoms with Crippen LogP contribution < -0.4 is 15.4 Å². The number of hydrogen-bond donors (Lipinski definition) is 2. The molecule has 0 aliphatic heterocycles. The van der Waals surface area contributed by atoms with Crippen molar-refractivity contribution in [3.8, 4) is 5.75 Å². The van der Waals surface area contributed by atoms with Crippen LogP contribution in [0.1, 0.15) is 34.1 Å². The number of para-hydroxylation sites is 1. The van der Waals surface area contributed by atoms with E-state index >= 15 is 0 Å². The predicted octanol–water partition coefficient (Wildman–Crippen LogP) is 4.38. The first kappa shape index (κ1) is 19.1. The third kappa shape index (κ3) is 4.94. The van der Waals surface area contributed by atoms with Crippen molar-refractivity contribution in [1.29, 1.82) is 0 Å². The summed E-state index contributed by atoms with van der Waals surface area (Å²) in [5.41, 5.74) is 1.82. The third-order valence-corrected chi connectivity index (χ3v) is 3.91. The minimum absolute atomic E-state index is 0.316. The molecule has 0 saturated carbocycles. The Morgan fingerprint density at radius 3 is 2.61 bits per heavy atom. The Balaban J connectivity index is 1.76. The minimum atomic E-state index is -0.330. The molecule has 2 N–H and O–H groups in total. The maximum Gasteiger partial charge on any atom is 0.257 e. The number of carbonyl (C=O) groups excluding carboxylic acids is 2. The number of benzene rings is 2. The zero-order valence-electron chi connectivity index (χ0n) is 15.5. The van der Waals surface area contributed by atoms with Crippen LogP contribution in [-0.2, 0) is 0 Å². The van der Waals surface area contributed by atoms with E-state index < -0.39 is 0 Å². The number of hydrogen-bond acceptors (Lipinski definition) is 4. The van der Waals surface area contributed by atoms with Gasteiger partial charge in [-0.25, -0.2) is 0 Å². The van der Waals surface area contributed by atoms with Gasteiger partial charge in [0.25, 0.3) is 11.8 Å². The van der Waals surface area contributed by atoms with E-state index in [2.05, 4.69) is 15.6 Å². The molecule has 1 heterocycles. The number of anilines is 2. The maximum atomic E-state index is 12.7. The third-order valence-electron chi connectivity index (χ3n) is 3.91. The lowest BCUT2D eigenvalue weighted by Crippen LogP contribution is -2.18. The Labute approximate surface area is 163 Å². The van der Waals surface area contributed by atoms with E-state index in [4.69, 9.17) is 4.74 Å². The number of pyridine rings is 1. The van der Waals surface area contributed by atoms with E-state index in [1.54, 1.807) is 67.0 Å². The Hall–Kier alpha value is -3.67. The van der Waals surface area contributed by atoms with Crippen LogP contribution in [0.25, 0.3) is 0 Å². The fourth-order valence-electron chi connectivity index (χ4n) is 2.57. The molecule has 0 spiro atoms. The molecular weight excluding hydrogens is 354 g/mol. The smallest absolute Gasteiger partial charge is 0.257 e. The first-order valence-electron chi connectivity index (χ1n) is 9.02. The highest BCUT2D eigenvalue weighted by Crippen LogP contribution is 2.20. The average Bonchev–Trinajstić information content (AvgIpc) is 2.73. The van der Waals surface area contributed by atoms with Gasteiger partial charge in [0.1, 0.15) is 5.75 Å². The van der Waals surface area contributed by atoms with Crippen LogP contribution >= 0.6 is 0 Å². The second-order valence-corrected chi connectivity index (χ2v) is 6.07. The van der Waals surface area contributed by atoms with Gasteiger partial charge in [0.2, 0.25) is 0 Å². The molecule has 0 aliphatic rings. The quantitative estimate of drug-likeness (QED) is 0.642. The van der Waals surface area contributed by atoms with Gasteiger partial charge in [-0.1, -0.05) is 25.1 Å². The summed E-state index contributed by atoms with van der Waals surface area (Å²) in [5, 5.41) is 5.58. The van der Waals surface area contributed by atoms with Crippen LogP contribution in [0, 0.1) is 0 Å². The minimum Gasteiger partial charge on any atom is -0.494 e. The average molecular weight is 375 g/mol. The summed E-state index contributed by atoms with van der Waals surface area (Å²) in [4.78, 5) is 29.3. The number of nitrogens with one attached hydrogen (secondary N) is 2. The summed E-state index contributed by atoms with van der Waals surface area (Å²) < 4.78 is 5.57. The Morgan fingerprint density at radius 1 is 0.964 bits per heavy atom. The summed E-state index contributed by atoms with van der Waals surface area (Å²) in [5.74, 6) is -0.00962. The van der Waals surface area contributed by atoms with Gasteiger partial charge < -0.3 is 15.4 Å². The van der Waals surface area contributed by atoms with Gasteiger partial charge in [0.05, 0.1) is 29.7 Å². The normalized spacial score (nSPS) is 10.2. The van der Waals surface area contributed by atoms with Gasteiger partial charge >= 0.3 is 0 Å². The van der Waals surface area contributed by atoms with Gasteiger partial charge in [0.15, 0.2) is 0 Å². The number of nitrogens with zero attached hydrogens (tertiary/aromatic N) is 1. The molecule has 0 unspecified atom stereocenters. The summed E-state index contributed by atoms with van der Waals surface area (Å²) in [6, 6.07) is 17.3. The number of carbonyl (C=O) groups is 2. The summed E-state index contributed by atoms with van der Waals surface area (Å²) in [6.45, 7) is 2.60. The van der Waals surface area contributed by atoms with Gasteiger partial charge in [-0.15, -0.1) is 0 Å². The molecule has 6 heteroatoms. The summed E-state index contributed by atoms with van der Waals surface area (Å²) in [7, 11) is 0. The van der Waals surface area contributed by atoms with Crippen molar-refractivity contribution in [2.24, 2.45) is 0 Å². The highest BCUT2D eigenvalue weighted by atomic mass is 16.5.